The fourth-order valence-corrected chi connectivity index (χ4v) is 16.3. The Labute approximate surface area is 696 Å². The zero-order chi connectivity index (χ0) is 82.7. The predicted octanol–water partition coefficient (Wildman–Crippen LogP) is 29.4. The number of ether oxygens (including phenoxy) is 4. The number of aliphatic hydroxyl groups is 1. The van der Waals surface area contributed by atoms with Gasteiger partial charge in [-0.3, -0.25) is 37.3 Å². The van der Waals surface area contributed by atoms with Gasteiger partial charge in [0, 0.05) is 25.7 Å². The number of hydrogen-bond acceptors (Lipinski definition) is 15. The van der Waals surface area contributed by atoms with Crippen LogP contribution in [0.5, 0.6) is 0 Å². The highest BCUT2D eigenvalue weighted by Crippen LogP contribution is 2.45. The van der Waals surface area contributed by atoms with E-state index < -0.39 is 97.5 Å². The molecule has 0 heterocycles. The number of aliphatic hydroxyl groups excluding tert-OH is 1. The van der Waals surface area contributed by atoms with Crippen molar-refractivity contribution in [1.29, 1.82) is 0 Å². The molecule has 0 aliphatic carbocycles. The number of rotatable bonds is 93. The number of esters is 4. The molecule has 0 aliphatic heterocycles. The first-order valence-corrected chi connectivity index (χ1v) is 51.6. The summed E-state index contributed by atoms with van der Waals surface area (Å²) < 4.78 is 69.2. The second-order valence-electron chi connectivity index (χ2n) is 34.2. The fourth-order valence-electron chi connectivity index (χ4n) is 14.8. The number of carbonyl (C=O) groups excluding carboxylic acids is 4. The van der Waals surface area contributed by atoms with Crippen molar-refractivity contribution in [3.05, 3.63) is 0 Å². The van der Waals surface area contributed by atoms with Gasteiger partial charge in [-0.15, -0.1) is 0 Å². The van der Waals surface area contributed by atoms with E-state index in [1.165, 1.54) is 327 Å². The van der Waals surface area contributed by atoms with Crippen LogP contribution in [0.2, 0.25) is 0 Å². The molecule has 0 bridgehead atoms. The Morgan fingerprint density at radius 1 is 0.248 bits per heavy atom. The molecule has 113 heavy (non-hydrogen) atoms. The Kier molecular flexibility index (Phi) is 83.6. The van der Waals surface area contributed by atoms with E-state index in [2.05, 4.69) is 41.5 Å². The van der Waals surface area contributed by atoms with Crippen LogP contribution < -0.4 is 0 Å². The summed E-state index contributed by atoms with van der Waals surface area (Å²) in [4.78, 5) is 73.5. The molecule has 3 N–H and O–H groups in total. The Hall–Kier alpha value is -1.94. The highest BCUT2D eigenvalue weighted by atomic mass is 31.2. The molecule has 0 aromatic heterocycles. The Morgan fingerprint density at radius 3 is 0.628 bits per heavy atom. The molecule has 0 rings (SSSR count). The van der Waals surface area contributed by atoms with Crippen molar-refractivity contribution in [3.63, 3.8) is 0 Å². The molecule has 0 saturated carbocycles. The summed E-state index contributed by atoms with van der Waals surface area (Å²) in [5.41, 5.74) is 0. The van der Waals surface area contributed by atoms with Gasteiger partial charge in [0.15, 0.2) is 12.2 Å². The van der Waals surface area contributed by atoms with Crippen LogP contribution in [-0.4, -0.2) is 96.7 Å². The van der Waals surface area contributed by atoms with Crippen molar-refractivity contribution in [1.82, 2.24) is 0 Å². The van der Waals surface area contributed by atoms with Gasteiger partial charge in [0.2, 0.25) is 0 Å². The maximum Gasteiger partial charge on any atom is 0.472 e. The average molecular weight is 1650 g/mol. The topological polar surface area (TPSA) is 237 Å². The third kappa shape index (κ3) is 84.9. The maximum absolute atomic E-state index is 13.2. The van der Waals surface area contributed by atoms with E-state index in [1.54, 1.807) is 0 Å². The van der Waals surface area contributed by atoms with Crippen LogP contribution in [0, 0.1) is 11.8 Å². The van der Waals surface area contributed by atoms with Crippen molar-refractivity contribution >= 4 is 39.5 Å². The van der Waals surface area contributed by atoms with Gasteiger partial charge in [-0.2, -0.15) is 0 Å². The molecule has 0 saturated heterocycles. The zero-order valence-electron chi connectivity index (χ0n) is 74.7. The van der Waals surface area contributed by atoms with Crippen molar-refractivity contribution in [2.45, 2.75) is 529 Å². The third-order valence-electron chi connectivity index (χ3n) is 22.9. The van der Waals surface area contributed by atoms with E-state index >= 15 is 0 Å². The van der Waals surface area contributed by atoms with Gasteiger partial charge in [0.05, 0.1) is 26.4 Å². The molecule has 19 heteroatoms. The number of phosphoric ester groups is 2. The molecule has 0 amide bonds. The summed E-state index contributed by atoms with van der Waals surface area (Å²) in [6.07, 6.45) is 80.5. The van der Waals surface area contributed by atoms with E-state index in [1.807, 2.05) is 0 Å². The first kappa shape index (κ1) is 111. The Bertz CT molecular complexity index is 2150. The first-order valence-electron chi connectivity index (χ1n) is 48.6. The van der Waals surface area contributed by atoms with Gasteiger partial charge in [0.1, 0.15) is 19.3 Å². The number of unbranched alkanes of at least 4 members (excludes halogenated alkanes) is 61. The minimum absolute atomic E-state index is 0.108. The van der Waals surface area contributed by atoms with Gasteiger partial charge in [-0.05, 0) is 37.5 Å². The molecule has 0 aromatic rings. The van der Waals surface area contributed by atoms with Gasteiger partial charge in [-0.25, -0.2) is 9.13 Å². The van der Waals surface area contributed by atoms with E-state index in [0.717, 1.165) is 102 Å². The molecule has 672 valence electrons. The lowest BCUT2D eigenvalue weighted by Gasteiger charge is -2.21. The minimum atomic E-state index is -4.97. The highest BCUT2D eigenvalue weighted by Gasteiger charge is 2.31. The molecular formula is C94H184O17P2. The number of hydrogen-bond donors (Lipinski definition) is 3. The number of phosphoric acid groups is 2. The summed E-state index contributed by atoms with van der Waals surface area (Å²) in [7, 11) is -9.94. The zero-order valence-corrected chi connectivity index (χ0v) is 76.5. The SMILES string of the molecule is CCCCCCCCCCCCCCCCCCCCCCCC(=O)OC[C@H](COP(=O)(O)OC[C@@H](O)COP(=O)(O)OC[C@@H](COC(=O)CCCCCCCCCCCCCC)OC(=O)CCCCCCCCCCCCCCCCC(C)CC)OC(=O)CCCCCCCCCCCCCCCCCCCCC(C)CC. The van der Waals surface area contributed by atoms with Crippen molar-refractivity contribution in [2.75, 3.05) is 39.6 Å². The molecule has 0 fully saturated rings. The van der Waals surface area contributed by atoms with E-state index in [-0.39, 0.29) is 25.7 Å². The molecule has 0 aromatic carbocycles. The number of carbonyl (C=O) groups is 4. The van der Waals surface area contributed by atoms with Crippen molar-refractivity contribution < 1.29 is 80.2 Å². The highest BCUT2D eigenvalue weighted by molar-refractivity contribution is 7.47. The van der Waals surface area contributed by atoms with Crippen LogP contribution in [0.3, 0.4) is 0 Å². The molecular weight excluding hydrogens is 1460 g/mol. The van der Waals surface area contributed by atoms with Crippen molar-refractivity contribution in [3.8, 4) is 0 Å². The standard InChI is InChI=1S/C94H184O17P2/c1-7-11-13-15-17-19-21-23-24-25-26-27-28-32-35-41-47-53-59-65-71-77-92(97)105-83-90(111-93(98)78-72-66-60-54-48-42-36-33-30-29-31-34-39-44-50-56-62-68-74-86(5)9-3)85-109-113(102,103)107-81-88(95)80-106-112(100,101)108-84-89(82-104-91(96)76-70-64-58-52-46-22-20-18-16-14-12-8-2)110-94(99)79-73-67-61-55-49-43-38-37-40-45-51-57-63-69-75-87(6)10-4/h86-90,95H,7-85H2,1-6H3,(H,100,101)(H,102,103)/t86?,87?,88-,89+,90+/m0/s1. The lowest BCUT2D eigenvalue weighted by atomic mass is 9.99. The van der Waals surface area contributed by atoms with E-state index in [4.69, 9.17) is 37.0 Å². The van der Waals surface area contributed by atoms with Gasteiger partial charge in [-0.1, -0.05) is 459 Å². The molecule has 0 aliphatic rings. The van der Waals surface area contributed by atoms with Gasteiger partial charge >= 0.3 is 39.5 Å². The van der Waals surface area contributed by atoms with E-state index in [0.29, 0.717) is 25.7 Å². The normalized spacial score (nSPS) is 14.2. The maximum atomic E-state index is 13.2. The summed E-state index contributed by atoms with van der Waals surface area (Å²) in [6, 6.07) is 0. The van der Waals surface area contributed by atoms with E-state index in [9.17, 15) is 43.2 Å². The monoisotopic (exact) mass is 1650 g/mol. The van der Waals surface area contributed by atoms with Gasteiger partial charge < -0.3 is 33.8 Å². The third-order valence-corrected chi connectivity index (χ3v) is 24.8. The van der Waals surface area contributed by atoms with Crippen LogP contribution in [-0.2, 0) is 65.4 Å². The van der Waals surface area contributed by atoms with Crippen LogP contribution in [0.4, 0.5) is 0 Å². The predicted molar refractivity (Wildman–Crippen MR) is 469 cm³/mol. The summed E-state index contributed by atoms with van der Waals surface area (Å²) in [5, 5.41) is 10.7. The van der Waals surface area contributed by atoms with Crippen LogP contribution in [0.25, 0.3) is 0 Å². The lowest BCUT2D eigenvalue weighted by molar-refractivity contribution is -0.161. The van der Waals surface area contributed by atoms with Gasteiger partial charge in [0.25, 0.3) is 0 Å². The van der Waals surface area contributed by atoms with Crippen molar-refractivity contribution in [2.24, 2.45) is 11.8 Å². The van der Waals surface area contributed by atoms with Crippen LogP contribution >= 0.6 is 15.6 Å². The largest absolute Gasteiger partial charge is 0.472 e. The minimum Gasteiger partial charge on any atom is -0.462 e. The fraction of sp³-hybridized carbons (Fsp3) is 0.957. The van der Waals surface area contributed by atoms with Crippen LogP contribution in [0.1, 0.15) is 510 Å². The molecule has 7 atom stereocenters. The molecule has 0 spiro atoms. The second kappa shape index (κ2) is 85.1. The molecule has 4 unspecified atom stereocenters. The quantitative estimate of drug-likeness (QED) is 0.0222. The Morgan fingerprint density at radius 2 is 0.425 bits per heavy atom. The summed E-state index contributed by atoms with van der Waals surface area (Å²) in [5.74, 6) is -0.374. The Balaban J connectivity index is 5.24. The first-order chi connectivity index (χ1) is 54.9. The van der Waals surface area contributed by atoms with Crippen LogP contribution in [0.15, 0.2) is 0 Å². The smallest absolute Gasteiger partial charge is 0.462 e. The molecule has 17 nitrogen and oxygen atoms in total. The second-order valence-corrected chi connectivity index (χ2v) is 37.1. The summed E-state index contributed by atoms with van der Waals surface area (Å²) in [6.45, 7) is 9.84. The summed E-state index contributed by atoms with van der Waals surface area (Å²) >= 11 is 0. The average Bonchev–Trinajstić information content (AvgIpc) is 0.936. The molecule has 0 radical (unpaired) electrons. The lowest BCUT2D eigenvalue weighted by Crippen LogP contribution is -2.30.